The predicted molar refractivity (Wildman–Crippen MR) is 80.0 cm³/mol. The molecule has 5 heteroatoms. The molecule has 2 rings (SSSR count). The molecule has 1 aromatic rings. The summed E-state index contributed by atoms with van der Waals surface area (Å²) in [6.45, 7) is 4.65. The lowest BCUT2D eigenvalue weighted by Gasteiger charge is -2.26. The van der Waals surface area contributed by atoms with Gasteiger partial charge in [-0.15, -0.1) is 0 Å². The van der Waals surface area contributed by atoms with Crippen LogP contribution in [0.1, 0.15) is 31.7 Å². The summed E-state index contributed by atoms with van der Waals surface area (Å²) < 4.78 is 4.70. The first-order valence-electron chi connectivity index (χ1n) is 7.14. The van der Waals surface area contributed by atoms with Gasteiger partial charge in [-0.3, -0.25) is 0 Å². The Labute approximate surface area is 125 Å². The lowest BCUT2D eigenvalue weighted by molar-refractivity contribution is -0.146. The highest BCUT2D eigenvalue weighted by atomic mass is 16.5. The fraction of sp³-hybridized carbons (Fsp3) is 0.500. The van der Waals surface area contributed by atoms with Gasteiger partial charge in [0.25, 0.3) is 0 Å². The normalized spacial score (nSPS) is 18.4. The number of amides is 2. The highest BCUT2D eigenvalue weighted by molar-refractivity contribution is 5.86. The van der Waals surface area contributed by atoms with Gasteiger partial charge in [0.05, 0.1) is 7.11 Å². The van der Waals surface area contributed by atoms with E-state index in [1.807, 2.05) is 18.2 Å². The Balaban J connectivity index is 1.95. The summed E-state index contributed by atoms with van der Waals surface area (Å²) in [5.74, 6) is -0.0900. The summed E-state index contributed by atoms with van der Waals surface area (Å²) in [6.07, 6.45) is 0.941. The Bertz CT molecular complexity index is 514. The zero-order valence-electron chi connectivity index (χ0n) is 12.8. The predicted octanol–water partition coefficient (Wildman–Crippen LogP) is 2.14. The van der Waals surface area contributed by atoms with Crippen LogP contribution in [-0.4, -0.2) is 42.6 Å². The second-order valence-corrected chi connectivity index (χ2v) is 5.89. The molecule has 1 N–H and O–H groups in total. The van der Waals surface area contributed by atoms with Crippen molar-refractivity contribution >= 4 is 12.0 Å². The maximum atomic E-state index is 12.3. The van der Waals surface area contributed by atoms with Crippen molar-refractivity contribution in [3.63, 3.8) is 0 Å². The molecule has 1 aromatic carbocycles. The van der Waals surface area contributed by atoms with E-state index in [2.05, 4.69) is 17.4 Å². The molecule has 1 heterocycles. The fourth-order valence-electron chi connectivity index (χ4n) is 2.59. The van der Waals surface area contributed by atoms with Crippen molar-refractivity contribution in [2.24, 2.45) is 0 Å². The lowest BCUT2D eigenvalue weighted by Crippen LogP contribution is -2.54. The largest absolute Gasteiger partial charge is 0.467 e. The number of benzene rings is 1. The van der Waals surface area contributed by atoms with Gasteiger partial charge < -0.3 is 15.0 Å². The van der Waals surface area contributed by atoms with E-state index in [1.165, 1.54) is 12.7 Å². The monoisotopic (exact) mass is 290 g/mol. The van der Waals surface area contributed by atoms with E-state index in [0.29, 0.717) is 19.0 Å². The van der Waals surface area contributed by atoms with Gasteiger partial charge >= 0.3 is 12.0 Å². The lowest BCUT2D eigenvalue weighted by atomic mass is 9.99. The van der Waals surface area contributed by atoms with Crippen molar-refractivity contribution in [1.29, 1.82) is 0 Å². The van der Waals surface area contributed by atoms with Crippen molar-refractivity contribution in [1.82, 2.24) is 10.2 Å². The van der Waals surface area contributed by atoms with Crippen LogP contribution in [0.25, 0.3) is 0 Å². The van der Waals surface area contributed by atoms with Gasteiger partial charge in [-0.05, 0) is 25.8 Å². The zero-order valence-corrected chi connectivity index (χ0v) is 12.8. The molecule has 1 saturated heterocycles. The van der Waals surface area contributed by atoms with Crippen molar-refractivity contribution in [3.8, 4) is 0 Å². The number of esters is 1. The minimum atomic E-state index is -1.02. The summed E-state index contributed by atoms with van der Waals surface area (Å²) in [7, 11) is 1.32. The van der Waals surface area contributed by atoms with E-state index in [4.69, 9.17) is 4.74 Å². The van der Waals surface area contributed by atoms with E-state index in [-0.39, 0.29) is 6.03 Å². The number of carbonyl (C=O) groups is 2. The van der Waals surface area contributed by atoms with Crippen LogP contribution in [0.3, 0.4) is 0 Å². The molecule has 0 aliphatic carbocycles. The van der Waals surface area contributed by atoms with E-state index in [9.17, 15) is 9.59 Å². The molecule has 1 fully saturated rings. The summed E-state index contributed by atoms with van der Waals surface area (Å²) in [5.41, 5.74) is 0.233. The molecular weight excluding hydrogens is 268 g/mol. The first-order valence-corrected chi connectivity index (χ1v) is 7.14. The average Bonchev–Trinajstić information content (AvgIpc) is 2.96. The molecule has 0 unspecified atom stereocenters. The number of rotatable bonds is 3. The number of likely N-dealkylation sites (tertiary alicyclic amines) is 1. The van der Waals surface area contributed by atoms with Gasteiger partial charge in [-0.1, -0.05) is 30.3 Å². The third-order valence-electron chi connectivity index (χ3n) is 3.86. The van der Waals surface area contributed by atoms with E-state index >= 15 is 0 Å². The summed E-state index contributed by atoms with van der Waals surface area (Å²) in [4.78, 5) is 25.6. The zero-order chi connectivity index (χ0) is 15.5. The highest BCUT2D eigenvalue weighted by Gasteiger charge is 2.34. The van der Waals surface area contributed by atoms with Crippen LogP contribution in [0.5, 0.6) is 0 Å². The van der Waals surface area contributed by atoms with Crippen LogP contribution < -0.4 is 5.32 Å². The Morgan fingerprint density at radius 2 is 1.95 bits per heavy atom. The molecule has 0 saturated carbocycles. The van der Waals surface area contributed by atoms with Crippen molar-refractivity contribution in [2.75, 3.05) is 20.2 Å². The van der Waals surface area contributed by atoms with Crippen LogP contribution in [0, 0.1) is 0 Å². The molecule has 114 valence electrons. The molecule has 2 amide bonds. The summed E-state index contributed by atoms with van der Waals surface area (Å²) in [6, 6.07) is 9.97. The Kier molecular flexibility index (Phi) is 4.50. The molecule has 0 bridgehead atoms. The minimum absolute atomic E-state index is 0.219. The van der Waals surface area contributed by atoms with Crippen LogP contribution in [0.4, 0.5) is 4.79 Å². The summed E-state index contributed by atoms with van der Waals surface area (Å²) >= 11 is 0. The molecule has 0 spiro atoms. The molecule has 1 aliphatic heterocycles. The van der Waals surface area contributed by atoms with Crippen molar-refractivity contribution in [3.05, 3.63) is 35.9 Å². The summed E-state index contributed by atoms with van der Waals surface area (Å²) in [5, 5.41) is 2.73. The van der Waals surface area contributed by atoms with Crippen LogP contribution >= 0.6 is 0 Å². The third-order valence-corrected chi connectivity index (χ3v) is 3.86. The number of hydrogen-bond acceptors (Lipinski definition) is 3. The van der Waals surface area contributed by atoms with E-state index in [1.54, 1.807) is 18.7 Å². The van der Waals surface area contributed by atoms with Crippen molar-refractivity contribution in [2.45, 2.75) is 31.7 Å². The quantitative estimate of drug-likeness (QED) is 0.868. The smallest absolute Gasteiger partial charge is 0.331 e. The molecule has 1 aliphatic rings. The molecule has 21 heavy (non-hydrogen) atoms. The van der Waals surface area contributed by atoms with Crippen LogP contribution in [0.2, 0.25) is 0 Å². The number of hydrogen-bond donors (Lipinski definition) is 1. The maximum Gasteiger partial charge on any atom is 0.331 e. The third kappa shape index (κ3) is 3.54. The highest BCUT2D eigenvalue weighted by Crippen LogP contribution is 2.27. The molecule has 0 radical (unpaired) electrons. The molecule has 0 aromatic heterocycles. The molecular formula is C16H22N2O3. The second-order valence-electron chi connectivity index (χ2n) is 5.89. The molecule has 1 atom stereocenters. The fourth-order valence-corrected chi connectivity index (χ4v) is 2.59. The van der Waals surface area contributed by atoms with Gasteiger partial charge in [-0.25, -0.2) is 9.59 Å². The van der Waals surface area contributed by atoms with Gasteiger partial charge in [-0.2, -0.15) is 0 Å². The van der Waals surface area contributed by atoms with Gasteiger partial charge in [0.1, 0.15) is 5.54 Å². The maximum absolute atomic E-state index is 12.3. The second kappa shape index (κ2) is 6.16. The van der Waals surface area contributed by atoms with Gasteiger partial charge in [0.15, 0.2) is 0 Å². The number of carbonyl (C=O) groups excluding carboxylic acids is 2. The van der Waals surface area contributed by atoms with Gasteiger partial charge in [0.2, 0.25) is 0 Å². The van der Waals surface area contributed by atoms with Crippen LogP contribution in [0.15, 0.2) is 30.3 Å². The standard InChI is InChI=1S/C16H22N2O3/c1-16(2,14(19)21-3)17-15(20)18-10-9-13(11-18)12-7-5-4-6-8-12/h4-8,13H,9-11H2,1-3H3,(H,17,20)/t13-/m0/s1. The minimum Gasteiger partial charge on any atom is -0.467 e. The number of methoxy groups -OCH3 is 1. The first kappa shape index (κ1) is 15.4. The number of nitrogens with zero attached hydrogens (tertiary/aromatic N) is 1. The van der Waals surface area contributed by atoms with E-state index < -0.39 is 11.5 Å². The Morgan fingerprint density at radius 1 is 1.29 bits per heavy atom. The number of ether oxygens (including phenoxy) is 1. The van der Waals surface area contributed by atoms with Crippen LogP contribution in [-0.2, 0) is 9.53 Å². The Hall–Kier alpha value is -2.04. The topological polar surface area (TPSA) is 58.6 Å². The average molecular weight is 290 g/mol. The molecule has 5 nitrogen and oxygen atoms in total. The van der Waals surface area contributed by atoms with E-state index in [0.717, 1.165) is 6.42 Å². The SMILES string of the molecule is COC(=O)C(C)(C)NC(=O)N1CC[C@H](c2ccccc2)C1. The number of urea groups is 1. The Morgan fingerprint density at radius 3 is 2.57 bits per heavy atom. The first-order chi connectivity index (χ1) is 9.94. The number of nitrogens with one attached hydrogen (secondary N) is 1. The van der Waals surface area contributed by atoms with Gasteiger partial charge in [0, 0.05) is 19.0 Å². The van der Waals surface area contributed by atoms with Crippen molar-refractivity contribution < 1.29 is 14.3 Å².